The molecule has 1 N–H and O–H groups in total. The maximum Gasteiger partial charge on any atom is 0.331 e. The van der Waals surface area contributed by atoms with E-state index in [-0.39, 0.29) is 27.6 Å². The highest BCUT2D eigenvalue weighted by Crippen LogP contribution is 2.59. The number of hydrogen-bond donors (Lipinski definition) is 1. The summed E-state index contributed by atoms with van der Waals surface area (Å²) in [6.07, 6.45) is 11.3. The summed E-state index contributed by atoms with van der Waals surface area (Å²) in [5, 5.41) is 12.0. The van der Waals surface area contributed by atoms with Crippen molar-refractivity contribution in [1.29, 1.82) is 0 Å². The molecule has 1 aromatic carbocycles. The molecule has 3 nitrogen and oxygen atoms in total. The summed E-state index contributed by atoms with van der Waals surface area (Å²) < 4.78 is 5.89. The van der Waals surface area contributed by atoms with Crippen LogP contribution >= 0.6 is 0 Å². The first-order valence-corrected chi connectivity index (χ1v) is 15.4. The molecule has 0 bridgehead atoms. The molecule has 0 spiro atoms. The summed E-state index contributed by atoms with van der Waals surface area (Å²) in [7, 11) is 0. The average Bonchev–Trinajstić information content (AvgIpc) is 2.92. The first kappa shape index (κ1) is 33.9. The largest absolute Gasteiger partial charge is 0.507 e. The van der Waals surface area contributed by atoms with E-state index in [1.807, 2.05) is 0 Å². The Balaban J connectivity index is 2.99. The molecule has 0 aliphatic heterocycles. The van der Waals surface area contributed by atoms with Gasteiger partial charge in [-0.3, -0.25) is 0 Å². The van der Waals surface area contributed by atoms with Crippen molar-refractivity contribution < 1.29 is 14.6 Å². The van der Waals surface area contributed by atoms with Crippen LogP contribution < -0.4 is 0 Å². The summed E-state index contributed by atoms with van der Waals surface area (Å²) >= 11 is 0. The van der Waals surface area contributed by atoms with Gasteiger partial charge in [0.1, 0.15) is 11.9 Å². The van der Waals surface area contributed by atoms with Crippen LogP contribution in [0, 0.1) is 16.2 Å². The lowest BCUT2D eigenvalue weighted by Crippen LogP contribution is -2.43. The van der Waals surface area contributed by atoms with E-state index in [2.05, 4.69) is 127 Å². The SMILES string of the molecule is C=CC(=O)OC1C=CC(C(C)c2cc(C(C)(C)CC)cc(C(C)(C)CC)c2O)(C(C)(C)CC)C=C1C(C)(C)CC. The Morgan fingerprint density at radius 3 is 1.98 bits per heavy atom. The molecule has 0 aromatic heterocycles. The van der Waals surface area contributed by atoms with E-state index in [9.17, 15) is 9.90 Å². The predicted octanol–water partition coefficient (Wildman–Crippen LogP) is 10.3. The Morgan fingerprint density at radius 2 is 1.50 bits per heavy atom. The summed E-state index contributed by atoms with van der Waals surface area (Å²) in [4.78, 5) is 12.3. The molecule has 3 heteroatoms. The van der Waals surface area contributed by atoms with Gasteiger partial charge in [0.25, 0.3) is 0 Å². The average molecular weight is 551 g/mol. The fourth-order valence-electron chi connectivity index (χ4n) is 5.93. The number of allylic oxidation sites excluding steroid dienone is 2. The van der Waals surface area contributed by atoms with Crippen LogP contribution in [0.1, 0.15) is 138 Å². The van der Waals surface area contributed by atoms with Crippen LogP contribution in [-0.4, -0.2) is 17.2 Å². The predicted molar refractivity (Wildman–Crippen MR) is 171 cm³/mol. The molecule has 0 saturated heterocycles. The highest BCUT2D eigenvalue weighted by atomic mass is 16.5. The minimum Gasteiger partial charge on any atom is -0.507 e. The van der Waals surface area contributed by atoms with Gasteiger partial charge in [-0.1, -0.05) is 121 Å². The van der Waals surface area contributed by atoms with Gasteiger partial charge in [0.15, 0.2) is 0 Å². The molecule has 0 saturated carbocycles. The third kappa shape index (κ3) is 6.14. The molecule has 224 valence electrons. The number of phenols is 1. The fourth-order valence-corrected chi connectivity index (χ4v) is 5.93. The van der Waals surface area contributed by atoms with Gasteiger partial charge in [-0.15, -0.1) is 0 Å². The Kier molecular flexibility index (Phi) is 10.1. The number of carbonyl (C=O) groups is 1. The summed E-state index contributed by atoms with van der Waals surface area (Å²) in [6.45, 7) is 32.9. The lowest BCUT2D eigenvalue weighted by molar-refractivity contribution is -0.140. The van der Waals surface area contributed by atoms with E-state index in [4.69, 9.17) is 4.74 Å². The molecule has 0 amide bonds. The smallest absolute Gasteiger partial charge is 0.331 e. The number of aromatic hydroxyl groups is 1. The topological polar surface area (TPSA) is 46.5 Å². The lowest BCUT2D eigenvalue weighted by atomic mass is 9.53. The second kappa shape index (κ2) is 11.9. The maximum absolute atomic E-state index is 12.3. The van der Waals surface area contributed by atoms with Gasteiger partial charge in [0, 0.05) is 17.1 Å². The van der Waals surface area contributed by atoms with Crippen LogP contribution in [-0.2, 0) is 20.4 Å². The van der Waals surface area contributed by atoms with E-state index in [0.717, 1.165) is 42.4 Å². The van der Waals surface area contributed by atoms with Crippen molar-refractivity contribution in [1.82, 2.24) is 0 Å². The number of rotatable bonds is 12. The summed E-state index contributed by atoms with van der Waals surface area (Å²) in [5.74, 6) is -0.0302. The zero-order valence-electron chi connectivity index (χ0n) is 27.9. The zero-order valence-corrected chi connectivity index (χ0v) is 27.9. The molecule has 2 rings (SSSR count). The highest BCUT2D eigenvalue weighted by Gasteiger charge is 2.50. The van der Waals surface area contributed by atoms with E-state index in [0.29, 0.717) is 5.75 Å². The van der Waals surface area contributed by atoms with Crippen molar-refractivity contribution in [2.24, 2.45) is 16.2 Å². The minimum absolute atomic E-state index is 0.0221. The van der Waals surface area contributed by atoms with E-state index >= 15 is 0 Å². The van der Waals surface area contributed by atoms with Crippen LogP contribution in [0.2, 0.25) is 0 Å². The Hall–Kier alpha value is -2.29. The molecule has 0 fully saturated rings. The highest BCUT2D eigenvalue weighted by molar-refractivity contribution is 5.81. The summed E-state index contributed by atoms with van der Waals surface area (Å²) in [5.41, 5.74) is 3.47. The van der Waals surface area contributed by atoms with Gasteiger partial charge in [-0.25, -0.2) is 4.79 Å². The van der Waals surface area contributed by atoms with Crippen LogP contribution in [0.3, 0.4) is 0 Å². The lowest BCUT2D eigenvalue weighted by Gasteiger charge is -2.51. The van der Waals surface area contributed by atoms with Crippen LogP contribution in [0.25, 0.3) is 0 Å². The van der Waals surface area contributed by atoms with Crippen molar-refractivity contribution >= 4 is 5.97 Å². The van der Waals surface area contributed by atoms with Crippen LogP contribution in [0.15, 0.2) is 48.6 Å². The molecule has 3 unspecified atom stereocenters. The molecule has 40 heavy (non-hydrogen) atoms. The van der Waals surface area contributed by atoms with Crippen LogP contribution in [0.5, 0.6) is 5.75 Å². The van der Waals surface area contributed by atoms with Crippen molar-refractivity contribution in [3.8, 4) is 5.75 Å². The summed E-state index contributed by atoms with van der Waals surface area (Å²) in [6, 6.07) is 4.52. The van der Waals surface area contributed by atoms with Gasteiger partial charge in [-0.05, 0) is 76.0 Å². The second-order valence-corrected chi connectivity index (χ2v) is 14.6. The van der Waals surface area contributed by atoms with Crippen molar-refractivity contribution in [3.05, 3.63) is 65.3 Å². The van der Waals surface area contributed by atoms with Crippen molar-refractivity contribution in [2.45, 2.75) is 139 Å². The number of carbonyl (C=O) groups excluding carboxylic acids is 1. The number of phenolic OH excluding ortho intramolecular Hbond substituents is 1. The number of benzene rings is 1. The van der Waals surface area contributed by atoms with Gasteiger partial charge < -0.3 is 9.84 Å². The van der Waals surface area contributed by atoms with Crippen molar-refractivity contribution in [2.75, 3.05) is 0 Å². The molecule has 3 atom stereocenters. The molecular weight excluding hydrogens is 492 g/mol. The normalized spacial score (nSPS) is 21.1. The zero-order chi connectivity index (χ0) is 30.9. The van der Waals surface area contributed by atoms with Gasteiger partial charge >= 0.3 is 5.97 Å². The van der Waals surface area contributed by atoms with E-state index in [1.54, 1.807) is 0 Å². The quantitative estimate of drug-likeness (QED) is 0.160. The molecular formula is C37H58O3. The standard InChI is InChI=1S/C37H58O3/c1-15-31(38)40-30-20-21-37(36(13,14)19-5,24-29(30)35(11,12)18-4)25(6)27-22-26(33(7,8)16-2)23-28(32(27)39)34(9,10)17-3/h15,20-25,30,39H,1,16-19H2,2-14H3. The first-order valence-electron chi connectivity index (χ1n) is 15.4. The van der Waals surface area contributed by atoms with Gasteiger partial charge in [-0.2, -0.15) is 0 Å². The molecule has 0 radical (unpaired) electrons. The van der Waals surface area contributed by atoms with E-state index in [1.165, 1.54) is 11.6 Å². The molecule has 1 aliphatic carbocycles. The maximum atomic E-state index is 12.3. The fraction of sp³-hybridized carbons (Fsp3) is 0.649. The van der Waals surface area contributed by atoms with Gasteiger partial charge in [0.05, 0.1) is 0 Å². The third-order valence-corrected chi connectivity index (χ3v) is 11.0. The Labute approximate surface area is 246 Å². The second-order valence-electron chi connectivity index (χ2n) is 14.6. The molecule has 1 aliphatic rings. The Morgan fingerprint density at radius 1 is 0.950 bits per heavy atom. The number of esters is 1. The van der Waals surface area contributed by atoms with E-state index < -0.39 is 17.5 Å². The number of ether oxygens (including phenoxy) is 1. The Bertz CT molecular complexity index is 1140. The molecule has 0 heterocycles. The minimum atomic E-state index is -0.443. The van der Waals surface area contributed by atoms with Crippen molar-refractivity contribution in [3.63, 3.8) is 0 Å². The van der Waals surface area contributed by atoms with Crippen LogP contribution in [0.4, 0.5) is 0 Å². The number of hydrogen-bond acceptors (Lipinski definition) is 3. The monoisotopic (exact) mass is 550 g/mol. The van der Waals surface area contributed by atoms with Gasteiger partial charge in [0.2, 0.25) is 0 Å². The molecule has 1 aromatic rings. The first-order chi connectivity index (χ1) is 18.3. The third-order valence-electron chi connectivity index (χ3n) is 11.0.